The summed E-state index contributed by atoms with van der Waals surface area (Å²) < 4.78 is 7.19. The molecule has 0 amide bonds. The maximum atomic E-state index is 5.29. The molecule has 0 bridgehead atoms. The molecule has 0 radical (unpaired) electrons. The van der Waals surface area contributed by atoms with E-state index in [0.29, 0.717) is 0 Å². The molecule has 102 valence electrons. The van der Waals surface area contributed by atoms with Gasteiger partial charge in [0.2, 0.25) is 0 Å². The van der Waals surface area contributed by atoms with Gasteiger partial charge in [-0.15, -0.1) is 11.3 Å². The molecule has 19 heavy (non-hydrogen) atoms. The molecule has 1 aromatic carbocycles. The Kier molecular flexibility index (Phi) is 5.38. The molecule has 1 aromatic heterocycles. The van der Waals surface area contributed by atoms with Crippen LogP contribution in [0.1, 0.15) is 15.4 Å². The summed E-state index contributed by atoms with van der Waals surface area (Å²) in [6.07, 6.45) is 1.92. The number of aryl methyl sites for hydroxylation is 1. The van der Waals surface area contributed by atoms with Gasteiger partial charge in [0, 0.05) is 24.2 Å². The average molecular weight is 406 g/mol. The number of ether oxygens (including phenoxy) is 1. The van der Waals surface area contributed by atoms with Crippen LogP contribution in [0, 0.1) is 6.92 Å². The lowest BCUT2D eigenvalue weighted by Crippen LogP contribution is -2.11. The van der Waals surface area contributed by atoms with Gasteiger partial charge < -0.3 is 10.1 Å². The molecule has 0 saturated heterocycles. The van der Waals surface area contributed by atoms with E-state index in [9.17, 15) is 0 Å². The number of nitrogens with one attached hydrogen (secondary N) is 1. The molecule has 2 rings (SSSR count). The summed E-state index contributed by atoms with van der Waals surface area (Å²) in [7, 11) is 1.66. The third-order valence-electron chi connectivity index (χ3n) is 2.56. The summed E-state index contributed by atoms with van der Waals surface area (Å²) in [5.74, 6) is 0.821. The van der Waals surface area contributed by atoms with Crippen molar-refractivity contribution in [1.29, 1.82) is 0 Å². The van der Waals surface area contributed by atoms with E-state index in [1.165, 1.54) is 10.4 Å². The van der Waals surface area contributed by atoms with E-state index in [-0.39, 0.29) is 0 Å². The van der Waals surface area contributed by atoms with Crippen LogP contribution in [0.15, 0.2) is 27.3 Å². The summed E-state index contributed by atoms with van der Waals surface area (Å²) in [5, 5.41) is 4.51. The van der Waals surface area contributed by atoms with Crippen LogP contribution >= 0.6 is 43.2 Å². The van der Waals surface area contributed by atoms with Crippen LogP contribution < -0.4 is 10.1 Å². The molecule has 6 heteroatoms. The van der Waals surface area contributed by atoms with Crippen LogP contribution in [-0.4, -0.2) is 12.1 Å². The standard InChI is InChI=1S/C13H14Br2N2OS/c1-8-17-7-10(19-8)6-16-5-9-3-11(14)13(18-2)12(15)4-9/h3-4,7,16H,5-6H2,1-2H3. The van der Waals surface area contributed by atoms with E-state index >= 15 is 0 Å². The number of thiazole rings is 1. The highest BCUT2D eigenvalue weighted by molar-refractivity contribution is 9.11. The highest BCUT2D eigenvalue weighted by atomic mass is 79.9. The van der Waals surface area contributed by atoms with Gasteiger partial charge in [-0.05, 0) is 56.5 Å². The molecule has 0 atom stereocenters. The molecular formula is C13H14Br2N2OS. The van der Waals surface area contributed by atoms with Gasteiger partial charge in [-0.1, -0.05) is 0 Å². The molecule has 0 aliphatic carbocycles. The average Bonchev–Trinajstić information content (AvgIpc) is 2.75. The number of hydrogen-bond acceptors (Lipinski definition) is 4. The van der Waals surface area contributed by atoms with E-state index in [1.807, 2.05) is 13.1 Å². The molecule has 0 aliphatic heterocycles. The van der Waals surface area contributed by atoms with E-state index in [1.54, 1.807) is 18.4 Å². The van der Waals surface area contributed by atoms with Gasteiger partial charge in [0.05, 0.1) is 21.1 Å². The molecule has 0 fully saturated rings. The van der Waals surface area contributed by atoms with Gasteiger partial charge in [0.15, 0.2) is 0 Å². The topological polar surface area (TPSA) is 34.1 Å². The highest BCUT2D eigenvalue weighted by Gasteiger charge is 2.07. The van der Waals surface area contributed by atoms with Crippen LogP contribution in [0.25, 0.3) is 0 Å². The molecule has 0 unspecified atom stereocenters. The van der Waals surface area contributed by atoms with Crippen molar-refractivity contribution in [3.63, 3.8) is 0 Å². The zero-order chi connectivity index (χ0) is 13.8. The SMILES string of the molecule is COc1c(Br)cc(CNCc2cnc(C)s2)cc1Br. The third-order valence-corrected chi connectivity index (χ3v) is 4.65. The zero-order valence-electron chi connectivity index (χ0n) is 10.7. The Balaban J connectivity index is 1.96. The number of methoxy groups -OCH3 is 1. The third kappa shape index (κ3) is 4.02. The van der Waals surface area contributed by atoms with Crippen LogP contribution in [0.2, 0.25) is 0 Å². The fraction of sp³-hybridized carbons (Fsp3) is 0.308. The minimum absolute atomic E-state index is 0.804. The molecule has 2 aromatic rings. The Labute approximate surface area is 133 Å². The predicted molar refractivity (Wildman–Crippen MR) is 85.8 cm³/mol. The summed E-state index contributed by atoms with van der Waals surface area (Å²) in [5.41, 5.74) is 1.20. The van der Waals surface area contributed by atoms with Crippen molar-refractivity contribution in [3.05, 3.63) is 42.7 Å². The van der Waals surface area contributed by atoms with Gasteiger partial charge in [-0.25, -0.2) is 4.98 Å². The highest BCUT2D eigenvalue weighted by Crippen LogP contribution is 2.34. The van der Waals surface area contributed by atoms with E-state index in [0.717, 1.165) is 32.8 Å². The van der Waals surface area contributed by atoms with Crippen LogP contribution in [0.3, 0.4) is 0 Å². The fourth-order valence-corrected chi connectivity index (χ4v) is 4.10. The first-order chi connectivity index (χ1) is 9.10. The predicted octanol–water partition coefficient (Wildman–Crippen LogP) is 4.27. The van der Waals surface area contributed by atoms with Crippen LogP contribution in [0.4, 0.5) is 0 Å². The van der Waals surface area contributed by atoms with Crippen LogP contribution in [0.5, 0.6) is 5.75 Å². The van der Waals surface area contributed by atoms with Crippen molar-refractivity contribution in [1.82, 2.24) is 10.3 Å². The first kappa shape index (κ1) is 15.0. The summed E-state index contributed by atoms with van der Waals surface area (Å²) in [6.45, 7) is 3.66. The fourth-order valence-electron chi connectivity index (χ4n) is 1.73. The molecule has 3 nitrogen and oxygen atoms in total. The molecule has 1 N–H and O–H groups in total. The number of hydrogen-bond donors (Lipinski definition) is 1. The van der Waals surface area contributed by atoms with Crippen molar-refractivity contribution >= 4 is 43.2 Å². The number of halogens is 2. The quantitative estimate of drug-likeness (QED) is 0.806. The molecule has 1 heterocycles. The van der Waals surface area contributed by atoms with Gasteiger partial charge in [-0.3, -0.25) is 0 Å². The maximum Gasteiger partial charge on any atom is 0.147 e. The normalized spacial score (nSPS) is 10.7. The molecule has 0 spiro atoms. The second-order valence-corrected chi connectivity index (χ2v) is 7.07. The summed E-state index contributed by atoms with van der Waals surface area (Å²) in [4.78, 5) is 5.49. The Morgan fingerprint density at radius 3 is 2.47 bits per heavy atom. The molecule has 0 saturated carbocycles. The molecule has 0 aliphatic rings. The van der Waals surface area contributed by atoms with Gasteiger partial charge >= 0.3 is 0 Å². The van der Waals surface area contributed by atoms with Crippen molar-refractivity contribution in [3.8, 4) is 5.75 Å². The first-order valence-corrected chi connectivity index (χ1v) is 8.14. The summed E-state index contributed by atoms with van der Waals surface area (Å²) >= 11 is 8.74. The van der Waals surface area contributed by atoms with Crippen molar-refractivity contribution in [2.45, 2.75) is 20.0 Å². The Hall–Kier alpha value is -0.430. The minimum atomic E-state index is 0.804. The zero-order valence-corrected chi connectivity index (χ0v) is 14.7. The second-order valence-electron chi connectivity index (χ2n) is 4.04. The molecular weight excluding hydrogens is 392 g/mol. The van der Waals surface area contributed by atoms with E-state index < -0.39 is 0 Å². The van der Waals surface area contributed by atoms with Gasteiger partial charge in [-0.2, -0.15) is 0 Å². The van der Waals surface area contributed by atoms with Gasteiger partial charge in [0.25, 0.3) is 0 Å². The largest absolute Gasteiger partial charge is 0.494 e. The van der Waals surface area contributed by atoms with Crippen LogP contribution in [-0.2, 0) is 13.1 Å². The first-order valence-electron chi connectivity index (χ1n) is 5.74. The Morgan fingerprint density at radius 1 is 1.26 bits per heavy atom. The minimum Gasteiger partial charge on any atom is -0.494 e. The lowest BCUT2D eigenvalue weighted by Gasteiger charge is -2.09. The van der Waals surface area contributed by atoms with E-state index in [2.05, 4.69) is 54.3 Å². The van der Waals surface area contributed by atoms with Gasteiger partial charge in [0.1, 0.15) is 5.75 Å². The summed E-state index contributed by atoms with van der Waals surface area (Å²) in [6, 6.07) is 4.13. The van der Waals surface area contributed by atoms with Crippen molar-refractivity contribution < 1.29 is 4.74 Å². The van der Waals surface area contributed by atoms with Crippen molar-refractivity contribution in [2.24, 2.45) is 0 Å². The Bertz CT molecular complexity index is 549. The number of rotatable bonds is 5. The van der Waals surface area contributed by atoms with Crippen molar-refractivity contribution in [2.75, 3.05) is 7.11 Å². The number of nitrogens with zero attached hydrogens (tertiary/aromatic N) is 1. The monoisotopic (exact) mass is 404 g/mol. The smallest absolute Gasteiger partial charge is 0.147 e. The second kappa shape index (κ2) is 6.83. The maximum absolute atomic E-state index is 5.29. The Morgan fingerprint density at radius 2 is 1.95 bits per heavy atom. The number of aromatic nitrogens is 1. The number of benzene rings is 1. The van der Waals surface area contributed by atoms with E-state index in [4.69, 9.17) is 4.74 Å². The lowest BCUT2D eigenvalue weighted by molar-refractivity contribution is 0.409. The lowest BCUT2D eigenvalue weighted by atomic mass is 10.2.